The maximum atomic E-state index is 11.4. The van der Waals surface area contributed by atoms with E-state index in [0.717, 1.165) is 30.5 Å². The molecule has 21 heavy (non-hydrogen) atoms. The molecule has 114 valence electrons. The first-order valence-corrected chi connectivity index (χ1v) is 7.90. The fourth-order valence-electron chi connectivity index (χ4n) is 3.60. The summed E-state index contributed by atoms with van der Waals surface area (Å²) in [6.07, 6.45) is 5.02. The molecular weight excluding hydrogens is 264 g/mol. The molecule has 0 aliphatic carbocycles. The van der Waals surface area contributed by atoms with Gasteiger partial charge in [-0.3, -0.25) is 4.79 Å². The molecule has 2 saturated heterocycles. The number of hydrogen-bond acceptors (Lipinski definition) is 4. The maximum Gasteiger partial charge on any atom is 0.248 e. The normalized spacial score (nSPS) is 23.5. The second-order valence-corrected chi connectivity index (χ2v) is 6.25. The number of nitrogens with zero attached hydrogens (tertiary/aromatic N) is 2. The summed E-state index contributed by atoms with van der Waals surface area (Å²) in [5, 5.41) is 3.62. The van der Waals surface area contributed by atoms with Gasteiger partial charge in [0.05, 0.1) is 0 Å². The smallest absolute Gasteiger partial charge is 0.248 e. The number of amides is 1. The van der Waals surface area contributed by atoms with Gasteiger partial charge in [0.2, 0.25) is 5.91 Å². The van der Waals surface area contributed by atoms with E-state index in [1.807, 2.05) is 13.0 Å². The van der Waals surface area contributed by atoms with Crippen LogP contribution >= 0.6 is 0 Å². The fraction of sp³-hybridized carbons (Fsp3) is 0.625. The molecule has 5 nitrogen and oxygen atoms in total. The predicted molar refractivity (Wildman–Crippen MR) is 83.5 cm³/mol. The average Bonchev–Trinajstić information content (AvgIpc) is 3.01. The lowest BCUT2D eigenvalue weighted by Crippen LogP contribution is -2.41. The van der Waals surface area contributed by atoms with Gasteiger partial charge in [0.15, 0.2) is 0 Å². The van der Waals surface area contributed by atoms with E-state index in [0.29, 0.717) is 11.6 Å². The number of aryl methyl sites for hydroxylation is 1. The van der Waals surface area contributed by atoms with Crippen molar-refractivity contribution in [1.29, 1.82) is 0 Å². The summed E-state index contributed by atoms with van der Waals surface area (Å²) >= 11 is 0. The van der Waals surface area contributed by atoms with Gasteiger partial charge in [-0.15, -0.1) is 0 Å². The fourth-order valence-corrected chi connectivity index (χ4v) is 3.60. The highest BCUT2D eigenvalue weighted by Gasteiger charge is 2.28. The lowest BCUT2D eigenvalue weighted by molar-refractivity contribution is 0.1000. The summed E-state index contributed by atoms with van der Waals surface area (Å²) < 4.78 is 0. The Morgan fingerprint density at radius 3 is 2.71 bits per heavy atom. The standard InChI is InChI=1S/C16H24N4O/c1-11-9-13(16(17)21)10-15(19-11)20-7-4-12(5-8-20)14-3-2-6-18-14/h9-10,12,14,18H,2-8H2,1H3,(H2,17,21). The van der Waals surface area contributed by atoms with E-state index in [9.17, 15) is 4.79 Å². The van der Waals surface area contributed by atoms with Crippen molar-refractivity contribution in [1.82, 2.24) is 10.3 Å². The topological polar surface area (TPSA) is 71.2 Å². The first-order valence-electron chi connectivity index (χ1n) is 7.90. The summed E-state index contributed by atoms with van der Waals surface area (Å²) in [6, 6.07) is 4.28. The minimum Gasteiger partial charge on any atom is -0.366 e. The lowest BCUT2D eigenvalue weighted by atomic mass is 9.88. The van der Waals surface area contributed by atoms with Gasteiger partial charge in [0, 0.05) is 30.4 Å². The zero-order valence-corrected chi connectivity index (χ0v) is 12.6. The number of hydrogen-bond donors (Lipinski definition) is 2. The van der Waals surface area contributed by atoms with Gasteiger partial charge in [-0.25, -0.2) is 4.98 Å². The molecule has 2 aliphatic heterocycles. The van der Waals surface area contributed by atoms with E-state index in [1.165, 1.54) is 32.2 Å². The van der Waals surface area contributed by atoms with E-state index in [2.05, 4.69) is 15.2 Å². The Balaban J connectivity index is 1.67. The van der Waals surface area contributed by atoms with Gasteiger partial charge < -0.3 is 16.0 Å². The molecule has 5 heteroatoms. The molecule has 3 rings (SSSR count). The van der Waals surface area contributed by atoms with Crippen LogP contribution in [-0.2, 0) is 0 Å². The van der Waals surface area contributed by atoms with Gasteiger partial charge in [-0.1, -0.05) is 0 Å². The molecule has 1 unspecified atom stereocenters. The van der Waals surface area contributed by atoms with Crippen LogP contribution in [0.2, 0.25) is 0 Å². The van der Waals surface area contributed by atoms with Crippen LogP contribution in [0, 0.1) is 12.8 Å². The average molecular weight is 288 g/mol. The number of primary amides is 1. The highest BCUT2D eigenvalue weighted by atomic mass is 16.1. The largest absolute Gasteiger partial charge is 0.366 e. The Hall–Kier alpha value is -1.62. The van der Waals surface area contributed by atoms with Crippen molar-refractivity contribution in [3.8, 4) is 0 Å². The van der Waals surface area contributed by atoms with Crippen molar-refractivity contribution in [2.24, 2.45) is 11.7 Å². The van der Waals surface area contributed by atoms with Crippen molar-refractivity contribution in [3.63, 3.8) is 0 Å². The third-order valence-electron chi connectivity index (χ3n) is 4.76. The number of pyridine rings is 1. The molecule has 1 aromatic rings. The Morgan fingerprint density at radius 2 is 2.10 bits per heavy atom. The van der Waals surface area contributed by atoms with Gasteiger partial charge >= 0.3 is 0 Å². The van der Waals surface area contributed by atoms with E-state index < -0.39 is 0 Å². The quantitative estimate of drug-likeness (QED) is 0.883. The summed E-state index contributed by atoms with van der Waals surface area (Å²) in [7, 11) is 0. The molecule has 1 atom stereocenters. The minimum atomic E-state index is -0.383. The molecule has 2 fully saturated rings. The number of aromatic nitrogens is 1. The van der Waals surface area contributed by atoms with Crippen LogP contribution in [0.15, 0.2) is 12.1 Å². The Kier molecular flexibility index (Phi) is 4.10. The van der Waals surface area contributed by atoms with Crippen LogP contribution < -0.4 is 16.0 Å². The number of carbonyl (C=O) groups is 1. The van der Waals surface area contributed by atoms with E-state index >= 15 is 0 Å². The molecular formula is C16H24N4O. The number of piperidine rings is 1. The van der Waals surface area contributed by atoms with Crippen molar-refractivity contribution < 1.29 is 4.79 Å². The van der Waals surface area contributed by atoms with Crippen molar-refractivity contribution in [3.05, 3.63) is 23.4 Å². The van der Waals surface area contributed by atoms with Crippen LogP contribution in [0.4, 0.5) is 5.82 Å². The first kappa shape index (κ1) is 14.3. The molecule has 3 N–H and O–H groups in total. The Bertz CT molecular complexity index is 517. The first-order chi connectivity index (χ1) is 10.1. The third kappa shape index (κ3) is 3.18. The summed E-state index contributed by atoms with van der Waals surface area (Å²) in [5.74, 6) is 1.29. The van der Waals surface area contributed by atoms with Crippen molar-refractivity contribution >= 4 is 11.7 Å². The number of nitrogens with one attached hydrogen (secondary N) is 1. The van der Waals surface area contributed by atoms with Gasteiger partial charge in [0.25, 0.3) is 0 Å². The van der Waals surface area contributed by atoms with Crippen LogP contribution in [-0.4, -0.2) is 36.6 Å². The molecule has 3 heterocycles. The van der Waals surface area contributed by atoms with Crippen molar-refractivity contribution in [2.75, 3.05) is 24.5 Å². The molecule has 0 spiro atoms. The summed E-state index contributed by atoms with van der Waals surface area (Å²) in [4.78, 5) is 18.2. The van der Waals surface area contributed by atoms with Crippen LogP contribution in [0.5, 0.6) is 0 Å². The molecule has 0 saturated carbocycles. The highest BCUT2D eigenvalue weighted by Crippen LogP contribution is 2.28. The summed E-state index contributed by atoms with van der Waals surface area (Å²) in [5.41, 5.74) is 6.79. The Morgan fingerprint density at radius 1 is 1.33 bits per heavy atom. The molecule has 2 aliphatic rings. The van der Waals surface area contributed by atoms with E-state index in [1.54, 1.807) is 6.07 Å². The second-order valence-electron chi connectivity index (χ2n) is 6.25. The van der Waals surface area contributed by atoms with Crippen LogP contribution in [0.3, 0.4) is 0 Å². The van der Waals surface area contributed by atoms with E-state index in [-0.39, 0.29) is 5.91 Å². The molecule has 1 aromatic heterocycles. The number of rotatable bonds is 3. The maximum absolute atomic E-state index is 11.4. The Labute approximate surface area is 125 Å². The zero-order valence-electron chi connectivity index (χ0n) is 12.6. The lowest BCUT2D eigenvalue weighted by Gasteiger charge is -2.35. The molecule has 0 aromatic carbocycles. The SMILES string of the molecule is Cc1cc(C(N)=O)cc(N2CCC(C3CCCN3)CC2)n1. The molecule has 0 radical (unpaired) electrons. The van der Waals surface area contributed by atoms with Crippen molar-refractivity contribution in [2.45, 2.75) is 38.6 Å². The number of nitrogens with two attached hydrogens (primary N) is 1. The van der Waals surface area contributed by atoms with Gasteiger partial charge in [0.1, 0.15) is 5.82 Å². The minimum absolute atomic E-state index is 0.383. The van der Waals surface area contributed by atoms with Crippen LogP contribution in [0.1, 0.15) is 41.7 Å². The zero-order chi connectivity index (χ0) is 14.8. The second kappa shape index (κ2) is 6.02. The molecule has 1 amide bonds. The van der Waals surface area contributed by atoms with Gasteiger partial charge in [-0.2, -0.15) is 0 Å². The van der Waals surface area contributed by atoms with Crippen LogP contribution in [0.25, 0.3) is 0 Å². The number of anilines is 1. The van der Waals surface area contributed by atoms with Gasteiger partial charge in [-0.05, 0) is 57.2 Å². The summed E-state index contributed by atoms with van der Waals surface area (Å²) in [6.45, 7) is 5.10. The highest BCUT2D eigenvalue weighted by molar-refractivity contribution is 5.93. The predicted octanol–water partition coefficient (Wildman–Crippen LogP) is 1.46. The third-order valence-corrected chi connectivity index (χ3v) is 4.76. The monoisotopic (exact) mass is 288 g/mol. The molecule has 0 bridgehead atoms. The van der Waals surface area contributed by atoms with E-state index in [4.69, 9.17) is 5.73 Å². The number of carbonyl (C=O) groups excluding carboxylic acids is 1.